The Hall–Kier alpha value is -5.68. The third-order valence-corrected chi connectivity index (χ3v) is 15.3. The average molecular weight is 757 g/mol. The van der Waals surface area contributed by atoms with E-state index in [9.17, 15) is 0 Å². The Balaban J connectivity index is 0.909. The molecule has 6 unspecified atom stereocenters. The first-order valence-electron chi connectivity index (χ1n) is 19.6. The molecule has 0 spiro atoms. The Bertz CT molecular complexity index is 2460. The Labute approximate surface area is 338 Å². The van der Waals surface area contributed by atoms with Gasteiger partial charge in [-0.3, -0.25) is 0 Å². The first-order chi connectivity index (χ1) is 27.8. The van der Waals surface area contributed by atoms with Gasteiger partial charge in [0, 0.05) is 49.3 Å². The zero-order valence-electron chi connectivity index (χ0n) is 30.8. The molecule has 0 radical (unpaired) electrons. The number of anilines is 4. The maximum Gasteiger partial charge on any atom is 0.0690 e. The van der Waals surface area contributed by atoms with Crippen LogP contribution in [0.2, 0.25) is 0 Å². The highest BCUT2D eigenvalue weighted by Gasteiger charge is 2.60. The maximum atomic E-state index is 2.80. The summed E-state index contributed by atoms with van der Waals surface area (Å²) in [5.41, 5.74) is 13.5. The zero-order chi connectivity index (χ0) is 37.0. The number of nitrogens with zero attached hydrogens (tertiary/aromatic N) is 2. The van der Waals surface area contributed by atoms with E-state index < -0.39 is 0 Å². The predicted molar refractivity (Wildman–Crippen MR) is 239 cm³/mol. The van der Waals surface area contributed by atoms with E-state index in [1.54, 1.807) is 0 Å². The fourth-order valence-electron chi connectivity index (χ4n) is 9.38. The lowest BCUT2D eigenvalue weighted by atomic mass is 9.90. The molecule has 11 rings (SSSR count). The van der Waals surface area contributed by atoms with E-state index in [0.717, 1.165) is 17.1 Å². The molecule has 3 heterocycles. The molecule has 56 heavy (non-hydrogen) atoms. The number of rotatable bonds is 7. The van der Waals surface area contributed by atoms with Crippen molar-refractivity contribution in [3.05, 3.63) is 212 Å². The predicted octanol–water partition coefficient (Wildman–Crippen LogP) is 13.8. The second-order valence-electron chi connectivity index (χ2n) is 15.1. The van der Waals surface area contributed by atoms with Crippen molar-refractivity contribution in [3.63, 3.8) is 0 Å². The van der Waals surface area contributed by atoms with Crippen molar-refractivity contribution in [2.24, 2.45) is 5.92 Å². The smallest absolute Gasteiger partial charge is 0.0690 e. The first-order valence-corrected chi connectivity index (χ1v) is 21.5. The van der Waals surface area contributed by atoms with Crippen LogP contribution in [0.25, 0.3) is 33.4 Å². The van der Waals surface area contributed by atoms with Crippen molar-refractivity contribution in [2.45, 2.75) is 32.7 Å². The topological polar surface area (TPSA) is 6.48 Å². The van der Waals surface area contributed by atoms with Gasteiger partial charge in [-0.15, -0.1) is 23.5 Å². The Kier molecular flexibility index (Phi) is 8.48. The molecule has 2 fully saturated rings. The van der Waals surface area contributed by atoms with Gasteiger partial charge in [0.05, 0.1) is 12.1 Å². The summed E-state index contributed by atoms with van der Waals surface area (Å²) >= 11 is 4.32. The summed E-state index contributed by atoms with van der Waals surface area (Å²) in [5, 5.41) is 1.72. The molecule has 3 aliphatic heterocycles. The van der Waals surface area contributed by atoms with E-state index >= 15 is 0 Å². The van der Waals surface area contributed by atoms with E-state index in [0.29, 0.717) is 33.8 Å². The lowest BCUT2D eigenvalue weighted by Gasteiger charge is -2.35. The lowest BCUT2D eigenvalue weighted by Crippen LogP contribution is -2.39. The fourth-order valence-corrected chi connectivity index (χ4v) is 13.0. The third kappa shape index (κ3) is 5.82. The SMILES string of the molecule is C1=CC2SC3C4Sc5ccccc5C4N(c4ccc(-c5ccc(N(c6ccc(-c7ccccc7)cc6)c6ccc(-c7ccccc7)cc6)cc5)cc4)C3C2C=C1. The molecule has 4 aliphatic rings. The summed E-state index contributed by atoms with van der Waals surface area (Å²) < 4.78 is 0. The van der Waals surface area contributed by atoms with E-state index in [1.807, 2.05) is 0 Å². The van der Waals surface area contributed by atoms with Crippen LogP contribution in [-0.4, -0.2) is 21.8 Å². The first kappa shape index (κ1) is 33.6. The molecule has 0 amide bonds. The minimum atomic E-state index is 0.401. The van der Waals surface area contributed by atoms with E-state index in [4.69, 9.17) is 0 Å². The fraction of sp³-hybridized carbons (Fsp3) is 0.115. The molecule has 4 heteroatoms. The molecule has 7 aromatic rings. The van der Waals surface area contributed by atoms with Crippen molar-refractivity contribution in [2.75, 3.05) is 9.80 Å². The highest BCUT2D eigenvalue weighted by atomic mass is 32.2. The Morgan fingerprint density at radius 2 is 0.893 bits per heavy atom. The van der Waals surface area contributed by atoms with Crippen LogP contribution in [0.3, 0.4) is 0 Å². The lowest BCUT2D eigenvalue weighted by molar-refractivity contribution is 0.529. The molecule has 1 aliphatic carbocycles. The van der Waals surface area contributed by atoms with Gasteiger partial charge in [-0.25, -0.2) is 0 Å². The number of thioether (sulfide) groups is 2. The molecule has 2 nitrogen and oxygen atoms in total. The summed E-state index contributed by atoms with van der Waals surface area (Å²) in [7, 11) is 0. The van der Waals surface area contributed by atoms with Crippen molar-refractivity contribution in [3.8, 4) is 33.4 Å². The standard InChI is InChI=1S/C52H40N2S2/c1-3-11-35(12-4-1)37-19-27-41(28-20-37)53(42-29-21-38(22-30-42)36-13-5-2-6-14-36)43-31-23-39(24-32-43)40-25-33-44(34-26-40)54-49-45-15-7-9-17-47(45)55-51(49)52-50(54)46-16-8-10-18-48(46)56-52/h1-34,45,47,49-52H. The van der Waals surface area contributed by atoms with Crippen molar-refractivity contribution >= 4 is 46.3 Å². The largest absolute Gasteiger partial charge is 0.358 e. The third-order valence-electron chi connectivity index (χ3n) is 12.0. The molecular weight excluding hydrogens is 717 g/mol. The zero-order valence-corrected chi connectivity index (χ0v) is 32.4. The summed E-state index contributed by atoms with van der Waals surface area (Å²) in [4.78, 5) is 6.61. The summed E-state index contributed by atoms with van der Waals surface area (Å²) in [6.07, 6.45) is 9.42. The summed E-state index contributed by atoms with van der Waals surface area (Å²) in [6, 6.07) is 67.5. The minimum Gasteiger partial charge on any atom is -0.358 e. The van der Waals surface area contributed by atoms with Crippen LogP contribution in [0.4, 0.5) is 22.7 Å². The van der Waals surface area contributed by atoms with Gasteiger partial charge >= 0.3 is 0 Å². The van der Waals surface area contributed by atoms with Crippen LogP contribution < -0.4 is 9.80 Å². The van der Waals surface area contributed by atoms with Crippen molar-refractivity contribution in [1.82, 2.24) is 0 Å². The van der Waals surface area contributed by atoms with Gasteiger partial charge in [0.1, 0.15) is 0 Å². The molecule has 0 saturated carbocycles. The van der Waals surface area contributed by atoms with Crippen molar-refractivity contribution < 1.29 is 0 Å². The van der Waals surface area contributed by atoms with Crippen molar-refractivity contribution in [1.29, 1.82) is 0 Å². The van der Waals surface area contributed by atoms with Crippen LogP contribution in [0.1, 0.15) is 11.6 Å². The monoisotopic (exact) mass is 756 g/mol. The van der Waals surface area contributed by atoms with Gasteiger partial charge < -0.3 is 9.80 Å². The maximum absolute atomic E-state index is 2.80. The molecule has 270 valence electrons. The van der Waals surface area contributed by atoms with E-state index in [-0.39, 0.29) is 0 Å². The average Bonchev–Trinajstić information content (AvgIpc) is 3.94. The number of benzene rings is 7. The molecule has 0 N–H and O–H groups in total. The van der Waals surface area contributed by atoms with E-state index in [2.05, 4.69) is 240 Å². The van der Waals surface area contributed by atoms with Gasteiger partial charge in [-0.2, -0.15) is 0 Å². The highest BCUT2D eigenvalue weighted by Crippen LogP contribution is 2.63. The highest BCUT2D eigenvalue weighted by molar-refractivity contribution is 8.04. The number of allylic oxidation sites excluding steroid dienone is 2. The quantitative estimate of drug-likeness (QED) is 0.160. The summed E-state index contributed by atoms with van der Waals surface area (Å²) in [5.74, 6) is 0.535. The van der Waals surface area contributed by atoms with E-state index in [1.165, 1.54) is 49.5 Å². The number of hydrogen-bond donors (Lipinski definition) is 0. The molecule has 0 aromatic heterocycles. The number of hydrogen-bond acceptors (Lipinski definition) is 4. The minimum absolute atomic E-state index is 0.401. The second-order valence-corrected chi connectivity index (χ2v) is 17.7. The van der Waals surface area contributed by atoms with Gasteiger partial charge in [0.15, 0.2) is 0 Å². The molecule has 7 aromatic carbocycles. The van der Waals surface area contributed by atoms with Crippen LogP contribution >= 0.6 is 23.5 Å². The molecule has 0 bridgehead atoms. The normalized spacial score (nSPS) is 22.7. The van der Waals surface area contributed by atoms with Crippen LogP contribution in [0, 0.1) is 5.92 Å². The van der Waals surface area contributed by atoms with Gasteiger partial charge in [-0.1, -0.05) is 152 Å². The molecular formula is C52H40N2S2. The Morgan fingerprint density at radius 1 is 0.429 bits per heavy atom. The van der Waals surface area contributed by atoms with Gasteiger partial charge in [-0.05, 0) is 93.5 Å². The Morgan fingerprint density at radius 3 is 1.45 bits per heavy atom. The second kappa shape index (κ2) is 14.1. The summed E-state index contributed by atoms with van der Waals surface area (Å²) in [6.45, 7) is 0. The number of fused-ring (bicyclic) bond motifs is 7. The van der Waals surface area contributed by atoms with Gasteiger partial charge in [0.2, 0.25) is 0 Å². The molecule has 6 atom stereocenters. The van der Waals surface area contributed by atoms with Crippen LogP contribution in [0.15, 0.2) is 211 Å². The van der Waals surface area contributed by atoms with Crippen LogP contribution in [0.5, 0.6) is 0 Å². The van der Waals surface area contributed by atoms with Crippen LogP contribution in [-0.2, 0) is 0 Å². The molecule has 2 saturated heterocycles. The van der Waals surface area contributed by atoms with Gasteiger partial charge in [0.25, 0.3) is 0 Å².